The molecule has 1 atom stereocenters. The third-order valence-corrected chi connectivity index (χ3v) is 5.82. The number of ether oxygens (including phenoxy) is 1. The molecule has 8 heteroatoms. The van der Waals surface area contributed by atoms with Gasteiger partial charge >= 0.3 is 6.18 Å². The maximum atomic E-state index is 13.3. The second-order valence-electron chi connectivity index (χ2n) is 6.63. The van der Waals surface area contributed by atoms with Gasteiger partial charge in [0.25, 0.3) is 0 Å². The van der Waals surface area contributed by atoms with Gasteiger partial charge in [-0.15, -0.1) is 11.3 Å². The predicted molar refractivity (Wildman–Crippen MR) is 105 cm³/mol. The van der Waals surface area contributed by atoms with Crippen LogP contribution in [0.1, 0.15) is 16.6 Å². The standard InChI is InChI=1S/C20H20F3N3OS/c21-20(22,23)19-12-16(14-4-1-2-5-15(14)25-19)24-13-17(18-6-3-11-28-18)26-7-9-27-10-8-26/h1-6,11-12,17H,7-10,13H2,(H,24,25)/t17-/m1/s1. The van der Waals surface area contributed by atoms with E-state index < -0.39 is 11.9 Å². The summed E-state index contributed by atoms with van der Waals surface area (Å²) in [5.41, 5.74) is -0.0978. The van der Waals surface area contributed by atoms with E-state index in [4.69, 9.17) is 4.74 Å². The molecule has 0 spiro atoms. The van der Waals surface area contributed by atoms with Gasteiger partial charge in [-0.3, -0.25) is 4.90 Å². The van der Waals surface area contributed by atoms with E-state index in [0.29, 0.717) is 36.3 Å². The van der Waals surface area contributed by atoms with Crippen molar-refractivity contribution in [1.29, 1.82) is 0 Å². The number of anilines is 1. The lowest BCUT2D eigenvalue weighted by Crippen LogP contribution is -2.41. The summed E-state index contributed by atoms with van der Waals surface area (Å²) >= 11 is 1.66. The number of hydrogen-bond acceptors (Lipinski definition) is 5. The van der Waals surface area contributed by atoms with E-state index in [1.54, 1.807) is 35.6 Å². The minimum absolute atomic E-state index is 0.0742. The molecule has 1 fully saturated rings. The number of nitrogens with zero attached hydrogens (tertiary/aromatic N) is 2. The highest BCUT2D eigenvalue weighted by atomic mass is 32.1. The van der Waals surface area contributed by atoms with Crippen molar-refractivity contribution in [2.24, 2.45) is 0 Å². The van der Waals surface area contributed by atoms with Gasteiger partial charge in [0, 0.05) is 35.6 Å². The molecule has 28 heavy (non-hydrogen) atoms. The number of halogens is 3. The minimum atomic E-state index is -4.49. The van der Waals surface area contributed by atoms with E-state index in [-0.39, 0.29) is 6.04 Å². The van der Waals surface area contributed by atoms with E-state index in [1.165, 1.54) is 4.88 Å². The van der Waals surface area contributed by atoms with Crippen molar-refractivity contribution in [2.45, 2.75) is 12.2 Å². The first-order chi connectivity index (χ1) is 13.5. The maximum Gasteiger partial charge on any atom is 0.433 e. The Kier molecular flexibility index (Phi) is 5.52. The molecule has 0 amide bonds. The molecular formula is C20H20F3N3OS. The molecule has 3 aromatic rings. The smallest absolute Gasteiger partial charge is 0.382 e. The Hall–Kier alpha value is -2.16. The molecule has 1 aliphatic rings. The molecule has 4 rings (SSSR count). The van der Waals surface area contributed by atoms with Crippen molar-refractivity contribution < 1.29 is 17.9 Å². The van der Waals surface area contributed by atoms with Crippen LogP contribution in [0.25, 0.3) is 10.9 Å². The van der Waals surface area contributed by atoms with Gasteiger partial charge in [0.15, 0.2) is 0 Å². The molecule has 1 saturated heterocycles. The summed E-state index contributed by atoms with van der Waals surface area (Å²) < 4.78 is 45.3. The highest BCUT2D eigenvalue weighted by molar-refractivity contribution is 7.10. The quantitative estimate of drug-likeness (QED) is 0.659. The third kappa shape index (κ3) is 4.14. The predicted octanol–water partition coefficient (Wildman–Crippen LogP) is 4.80. The lowest BCUT2D eigenvalue weighted by atomic mass is 10.1. The van der Waals surface area contributed by atoms with Crippen molar-refractivity contribution in [3.63, 3.8) is 0 Å². The van der Waals surface area contributed by atoms with E-state index >= 15 is 0 Å². The normalized spacial score (nSPS) is 17.0. The summed E-state index contributed by atoms with van der Waals surface area (Å²) in [5.74, 6) is 0. The number of fused-ring (bicyclic) bond motifs is 1. The molecule has 0 bridgehead atoms. The zero-order chi connectivity index (χ0) is 19.6. The fourth-order valence-corrected chi connectivity index (χ4v) is 4.31. The van der Waals surface area contributed by atoms with Crippen LogP contribution < -0.4 is 5.32 Å². The van der Waals surface area contributed by atoms with Crippen LogP contribution in [0.15, 0.2) is 47.8 Å². The van der Waals surface area contributed by atoms with Crippen LogP contribution in [0.4, 0.5) is 18.9 Å². The lowest BCUT2D eigenvalue weighted by molar-refractivity contribution is -0.140. The topological polar surface area (TPSA) is 37.4 Å². The molecule has 0 saturated carbocycles. The van der Waals surface area contributed by atoms with Gasteiger partial charge in [0.2, 0.25) is 0 Å². The summed E-state index contributed by atoms with van der Waals surface area (Å²) in [7, 11) is 0. The number of thiophene rings is 1. The molecule has 0 unspecified atom stereocenters. The van der Waals surface area contributed by atoms with Crippen molar-refractivity contribution >= 4 is 27.9 Å². The number of rotatable bonds is 5. The number of alkyl halides is 3. The molecule has 0 radical (unpaired) electrons. The Labute approximate surface area is 164 Å². The first kappa shape index (κ1) is 19.2. The molecule has 1 aliphatic heterocycles. The van der Waals surface area contributed by atoms with Crippen LogP contribution in [0, 0.1) is 0 Å². The number of para-hydroxylation sites is 1. The number of nitrogens with one attached hydrogen (secondary N) is 1. The molecule has 2 aromatic heterocycles. The summed E-state index contributed by atoms with van der Waals surface area (Å²) in [4.78, 5) is 7.28. The first-order valence-corrected chi connectivity index (χ1v) is 9.96. The zero-order valence-electron chi connectivity index (χ0n) is 15.1. The van der Waals surface area contributed by atoms with Crippen LogP contribution in [-0.4, -0.2) is 42.7 Å². The SMILES string of the molecule is FC(F)(F)c1cc(NC[C@H](c2cccs2)N2CCOCC2)c2ccccc2n1. The minimum Gasteiger partial charge on any atom is -0.382 e. The fourth-order valence-electron chi connectivity index (χ4n) is 3.45. The van der Waals surface area contributed by atoms with Crippen molar-refractivity contribution in [2.75, 3.05) is 38.2 Å². The lowest BCUT2D eigenvalue weighted by Gasteiger charge is -2.34. The van der Waals surface area contributed by atoms with E-state index in [1.807, 2.05) is 11.4 Å². The molecular weight excluding hydrogens is 387 g/mol. The highest BCUT2D eigenvalue weighted by Crippen LogP contribution is 2.34. The van der Waals surface area contributed by atoms with Gasteiger partial charge in [-0.25, -0.2) is 4.98 Å². The molecule has 1 N–H and O–H groups in total. The van der Waals surface area contributed by atoms with Crippen LogP contribution in [0.3, 0.4) is 0 Å². The van der Waals surface area contributed by atoms with Gasteiger partial charge < -0.3 is 10.1 Å². The number of benzene rings is 1. The monoisotopic (exact) mass is 407 g/mol. The number of morpholine rings is 1. The van der Waals surface area contributed by atoms with Gasteiger partial charge in [0.05, 0.1) is 24.8 Å². The second-order valence-corrected chi connectivity index (χ2v) is 7.61. The van der Waals surface area contributed by atoms with Gasteiger partial charge in [-0.05, 0) is 23.6 Å². The van der Waals surface area contributed by atoms with E-state index in [0.717, 1.165) is 19.2 Å². The van der Waals surface area contributed by atoms with Gasteiger partial charge in [-0.1, -0.05) is 24.3 Å². The largest absolute Gasteiger partial charge is 0.433 e. The average molecular weight is 407 g/mol. The van der Waals surface area contributed by atoms with E-state index in [9.17, 15) is 13.2 Å². The Morgan fingerprint density at radius 3 is 2.64 bits per heavy atom. The van der Waals surface area contributed by atoms with Crippen LogP contribution in [0.5, 0.6) is 0 Å². The zero-order valence-corrected chi connectivity index (χ0v) is 15.9. The fraction of sp³-hybridized carbons (Fsp3) is 0.350. The van der Waals surface area contributed by atoms with Crippen LogP contribution in [0.2, 0.25) is 0 Å². The number of aromatic nitrogens is 1. The van der Waals surface area contributed by atoms with Crippen molar-refractivity contribution in [1.82, 2.24) is 9.88 Å². The second kappa shape index (κ2) is 8.06. The molecule has 0 aliphatic carbocycles. The maximum absolute atomic E-state index is 13.3. The Morgan fingerprint density at radius 2 is 1.93 bits per heavy atom. The summed E-state index contributed by atoms with van der Waals surface area (Å²) in [6.45, 7) is 3.44. The van der Waals surface area contributed by atoms with E-state index in [2.05, 4.69) is 21.3 Å². The summed E-state index contributed by atoms with van der Waals surface area (Å²) in [5, 5.41) is 5.97. The van der Waals surface area contributed by atoms with Gasteiger partial charge in [0.1, 0.15) is 5.69 Å². The molecule has 1 aromatic carbocycles. The number of pyridine rings is 1. The van der Waals surface area contributed by atoms with Crippen LogP contribution in [-0.2, 0) is 10.9 Å². The van der Waals surface area contributed by atoms with Gasteiger partial charge in [-0.2, -0.15) is 13.2 Å². The summed E-state index contributed by atoms with van der Waals surface area (Å²) in [6.07, 6.45) is -4.49. The highest BCUT2D eigenvalue weighted by Gasteiger charge is 2.33. The molecule has 3 heterocycles. The van der Waals surface area contributed by atoms with Crippen molar-refractivity contribution in [3.05, 3.63) is 58.4 Å². The van der Waals surface area contributed by atoms with Crippen LogP contribution >= 0.6 is 11.3 Å². The third-order valence-electron chi connectivity index (χ3n) is 4.85. The van der Waals surface area contributed by atoms with Crippen molar-refractivity contribution in [3.8, 4) is 0 Å². The molecule has 4 nitrogen and oxygen atoms in total. The average Bonchev–Trinajstić information content (AvgIpc) is 3.22. The Morgan fingerprint density at radius 1 is 1.14 bits per heavy atom. The Bertz CT molecular complexity index is 924. The first-order valence-electron chi connectivity index (χ1n) is 9.08. The molecule has 148 valence electrons. The Balaban J connectivity index is 1.64. The number of hydrogen-bond donors (Lipinski definition) is 1. The summed E-state index contributed by atoms with van der Waals surface area (Å²) in [6, 6.07) is 12.1.